The van der Waals surface area contributed by atoms with Gasteiger partial charge in [-0.25, -0.2) is 13.1 Å². The van der Waals surface area contributed by atoms with Crippen molar-refractivity contribution in [2.24, 2.45) is 0 Å². The van der Waals surface area contributed by atoms with Crippen LogP contribution in [0.2, 0.25) is 5.02 Å². The third-order valence-electron chi connectivity index (χ3n) is 3.99. The first-order valence-corrected chi connectivity index (χ1v) is 10.4. The summed E-state index contributed by atoms with van der Waals surface area (Å²) in [7, 11) is -3.34. The maximum atomic E-state index is 12.6. The van der Waals surface area contributed by atoms with Gasteiger partial charge in [-0.2, -0.15) is 0 Å². The van der Waals surface area contributed by atoms with Crippen LogP contribution in [0.25, 0.3) is 10.8 Å². The van der Waals surface area contributed by atoms with Gasteiger partial charge in [0.15, 0.2) is 0 Å². The highest BCUT2D eigenvalue weighted by Gasteiger charge is 2.12. The lowest BCUT2D eigenvalue weighted by molar-refractivity contribution is -0.115. The van der Waals surface area contributed by atoms with Crippen LogP contribution in [0.15, 0.2) is 54.9 Å². The Hall–Kier alpha value is -2.48. The molecule has 2 aromatic carbocycles. The molecular formula is C19H18ClN3O3S. The van der Waals surface area contributed by atoms with Gasteiger partial charge in [-0.05, 0) is 23.3 Å². The van der Waals surface area contributed by atoms with Gasteiger partial charge in [-0.3, -0.25) is 9.78 Å². The molecule has 1 aromatic heterocycles. The van der Waals surface area contributed by atoms with Crippen molar-refractivity contribution >= 4 is 44.0 Å². The van der Waals surface area contributed by atoms with Gasteiger partial charge < -0.3 is 5.32 Å². The first kappa shape index (κ1) is 19.3. The van der Waals surface area contributed by atoms with Gasteiger partial charge in [0.25, 0.3) is 0 Å². The first-order chi connectivity index (χ1) is 12.8. The molecule has 0 radical (unpaired) electrons. The van der Waals surface area contributed by atoms with E-state index in [-0.39, 0.29) is 18.9 Å². The maximum absolute atomic E-state index is 12.6. The van der Waals surface area contributed by atoms with Gasteiger partial charge >= 0.3 is 0 Å². The Balaban J connectivity index is 1.80. The third-order valence-corrected chi connectivity index (χ3v) is 4.89. The summed E-state index contributed by atoms with van der Waals surface area (Å²) in [5, 5.41) is 5.17. The molecule has 3 rings (SSSR count). The number of benzene rings is 2. The van der Waals surface area contributed by atoms with Crippen molar-refractivity contribution in [3.63, 3.8) is 0 Å². The maximum Gasteiger partial charge on any atom is 0.228 e. The number of rotatable bonds is 6. The van der Waals surface area contributed by atoms with Crippen molar-refractivity contribution in [3.8, 4) is 0 Å². The zero-order valence-corrected chi connectivity index (χ0v) is 16.1. The predicted octanol–water partition coefficient (Wildman–Crippen LogP) is 3.12. The molecule has 0 bridgehead atoms. The molecule has 0 aliphatic rings. The lowest BCUT2D eigenvalue weighted by Crippen LogP contribution is -2.23. The number of pyridine rings is 1. The van der Waals surface area contributed by atoms with Crippen LogP contribution in [0.5, 0.6) is 0 Å². The first-order valence-electron chi connectivity index (χ1n) is 8.16. The Morgan fingerprint density at radius 1 is 1.11 bits per heavy atom. The number of carbonyl (C=O) groups is 1. The summed E-state index contributed by atoms with van der Waals surface area (Å²) in [5.41, 5.74) is 1.97. The highest BCUT2D eigenvalue weighted by atomic mass is 35.5. The quantitative estimate of drug-likeness (QED) is 0.661. The standard InChI is InChI=1S/C19H18ClN3O3S/c1-27(25,26)22-11-13-6-7-16(20)8-15(13)9-19(24)23-18-12-21-10-14-4-2-3-5-17(14)18/h2-8,10,12,22H,9,11H2,1H3,(H,23,24). The van der Waals surface area contributed by atoms with Crippen LogP contribution in [0, 0.1) is 0 Å². The number of hydrogen-bond donors (Lipinski definition) is 2. The van der Waals surface area contributed by atoms with Crippen LogP contribution < -0.4 is 10.0 Å². The molecule has 1 amide bonds. The van der Waals surface area contributed by atoms with Gasteiger partial charge in [0.05, 0.1) is 24.6 Å². The van der Waals surface area contributed by atoms with Crippen LogP contribution in [-0.2, 0) is 27.8 Å². The number of halogens is 1. The van der Waals surface area contributed by atoms with Gasteiger partial charge in [0, 0.05) is 28.5 Å². The second kappa shape index (κ2) is 8.04. The molecule has 6 nitrogen and oxygen atoms in total. The number of hydrogen-bond acceptors (Lipinski definition) is 4. The number of aromatic nitrogens is 1. The summed E-state index contributed by atoms with van der Waals surface area (Å²) in [6, 6.07) is 12.7. The minimum absolute atomic E-state index is 0.0601. The minimum Gasteiger partial charge on any atom is -0.324 e. The van der Waals surface area contributed by atoms with Gasteiger partial charge in [0.1, 0.15) is 0 Å². The van der Waals surface area contributed by atoms with Crippen LogP contribution in [-0.4, -0.2) is 25.6 Å². The largest absolute Gasteiger partial charge is 0.324 e. The van der Waals surface area contributed by atoms with E-state index < -0.39 is 10.0 Å². The van der Waals surface area contributed by atoms with Crippen LogP contribution >= 0.6 is 11.6 Å². The molecule has 0 saturated heterocycles. The molecule has 0 saturated carbocycles. The Morgan fingerprint density at radius 3 is 2.67 bits per heavy atom. The molecule has 0 aliphatic heterocycles. The zero-order chi connectivity index (χ0) is 19.4. The van der Waals surface area contributed by atoms with E-state index in [0.29, 0.717) is 21.8 Å². The average molecular weight is 404 g/mol. The van der Waals surface area contributed by atoms with Gasteiger partial charge in [-0.15, -0.1) is 0 Å². The Labute approximate surface area is 162 Å². The molecule has 0 unspecified atom stereocenters. The van der Waals surface area contributed by atoms with E-state index in [1.807, 2.05) is 24.3 Å². The van der Waals surface area contributed by atoms with Crippen LogP contribution in [0.1, 0.15) is 11.1 Å². The number of sulfonamides is 1. The number of amides is 1. The van der Waals surface area contributed by atoms with E-state index in [2.05, 4.69) is 15.0 Å². The summed E-state index contributed by atoms with van der Waals surface area (Å²) >= 11 is 6.05. The summed E-state index contributed by atoms with van der Waals surface area (Å²) in [4.78, 5) is 16.7. The molecule has 0 atom stereocenters. The van der Waals surface area contributed by atoms with E-state index in [4.69, 9.17) is 11.6 Å². The molecule has 0 aliphatic carbocycles. The second-order valence-electron chi connectivity index (χ2n) is 6.14. The number of fused-ring (bicyclic) bond motifs is 1. The third kappa shape index (κ3) is 5.26. The fourth-order valence-corrected chi connectivity index (χ4v) is 3.34. The Kier molecular flexibility index (Phi) is 5.74. The number of carbonyl (C=O) groups excluding carboxylic acids is 1. The molecule has 1 heterocycles. The van der Waals surface area contributed by atoms with Crippen LogP contribution in [0.4, 0.5) is 5.69 Å². The molecule has 27 heavy (non-hydrogen) atoms. The van der Waals surface area contributed by atoms with Crippen molar-refractivity contribution in [3.05, 3.63) is 71.0 Å². The average Bonchev–Trinajstić information content (AvgIpc) is 2.60. The molecule has 140 valence electrons. The Morgan fingerprint density at radius 2 is 1.89 bits per heavy atom. The van der Waals surface area contributed by atoms with Gasteiger partial charge in [0.2, 0.25) is 15.9 Å². The van der Waals surface area contributed by atoms with Crippen molar-refractivity contribution in [1.29, 1.82) is 0 Å². The monoisotopic (exact) mass is 403 g/mol. The van der Waals surface area contributed by atoms with Crippen LogP contribution in [0.3, 0.4) is 0 Å². The van der Waals surface area contributed by atoms with Crippen molar-refractivity contribution in [2.75, 3.05) is 11.6 Å². The lowest BCUT2D eigenvalue weighted by Gasteiger charge is -2.12. The lowest BCUT2D eigenvalue weighted by atomic mass is 10.0. The Bertz CT molecular complexity index is 1100. The predicted molar refractivity (Wildman–Crippen MR) is 107 cm³/mol. The van der Waals surface area contributed by atoms with Gasteiger partial charge in [-0.1, -0.05) is 41.9 Å². The fourth-order valence-electron chi connectivity index (χ4n) is 2.72. The normalized spacial score (nSPS) is 11.5. The van der Waals surface area contributed by atoms with Crippen molar-refractivity contribution in [2.45, 2.75) is 13.0 Å². The van der Waals surface area contributed by atoms with Crippen molar-refractivity contribution in [1.82, 2.24) is 9.71 Å². The number of anilines is 1. The summed E-state index contributed by atoms with van der Waals surface area (Å²) in [5.74, 6) is -0.240. The highest BCUT2D eigenvalue weighted by molar-refractivity contribution is 7.88. The molecule has 2 N–H and O–H groups in total. The summed E-state index contributed by atoms with van der Waals surface area (Å²) < 4.78 is 25.1. The van der Waals surface area contributed by atoms with E-state index in [1.165, 1.54) is 0 Å². The molecule has 8 heteroatoms. The summed E-state index contributed by atoms with van der Waals surface area (Å²) in [6.45, 7) is 0.0917. The summed E-state index contributed by atoms with van der Waals surface area (Å²) in [6.07, 6.45) is 4.48. The van der Waals surface area contributed by atoms with E-state index in [0.717, 1.165) is 17.0 Å². The topological polar surface area (TPSA) is 88.2 Å². The molecule has 0 fully saturated rings. The zero-order valence-electron chi connectivity index (χ0n) is 14.6. The van der Waals surface area contributed by atoms with Crippen molar-refractivity contribution < 1.29 is 13.2 Å². The highest BCUT2D eigenvalue weighted by Crippen LogP contribution is 2.22. The SMILES string of the molecule is CS(=O)(=O)NCc1ccc(Cl)cc1CC(=O)Nc1cncc2ccccc12. The minimum atomic E-state index is -3.34. The number of nitrogens with zero attached hydrogens (tertiary/aromatic N) is 1. The van der Waals surface area contributed by atoms with E-state index in [9.17, 15) is 13.2 Å². The fraction of sp³-hybridized carbons (Fsp3) is 0.158. The second-order valence-corrected chi connectivity index (χ2v) is 8.41. The van der Waals surface area contributed by atoms with E-state index in [1.54, 1.807) is 30.6 Å². The molecular weight excluding hydrogens is 386 g/mol. The number of nitrogens with one attached hydrogen (secondary N) is 2. The molecule has 3 aromatic rings. The molecule has 0 spiro atoms. The smallest absolute Gasteiger partial charge is 0.228 e. The van der Waals surface area contributed by atoms with E-state index >= 15 is 0 Å².